The van der Waals surface area contributed by atoms with Gasteiger partial charge in [0.15, 0.2) is 11.5 Å². The molecule has 90 valence electrons. The Morgan fingerprint density at radius 2 is 2.00 bits per heavy atom. The van der Waals surface area contributed by atoms with E-state index in [9.17, 15) is 0 Å². The van der Waals surface area contributed by atoms with Crippen LogP contribution < -0.4 is 5.73 Å². The van der Waals surface area contributed by atoms with Gasteiger partial charge in [-0.2, -0.15) is 0 Å². The Hall–Kier alpha value is -1.49. The lowest BCUT2D eigenvalue weighted by Gasteiger charge is -2.31. The van der Waals surface area contributed by atoms with Crippen LogP contribution >= 0.6 is 0 Å². The molecule has 1 aliphatic rings. The summed E-state index contributed by atoms with van der Waals surface area (Å²) in [7, 11) is 0. The zero-order valence-electron chi connectivity index (χ0n) is 10.1. The van der Waals surface area contributed by atoms with Gasteiger partial charge in [0.1, 0.15) is 6.33 Å². The van der Waals surface area contributed by atoms with E-state index in [1.807, 2.05) is 17.4 Å². The van der Waals surface area contributed by atoms with E-state index in [-0.39, 0.29) is 5.54 Å². The largest absolute Gasteiger partial charge is 0.319 e. The first kappa shape index (κ1) is 10.7. The van der Waals surface area contributed by atoms with Crippen LogP contribution in [0.2, 0.25) is 0 Å². The molecule has 0 radical (unpaired) electrons. The fourth-order valence-electron chi connectivity index (χ4n) is 2.63. The van der Waals surface area contributed by atoms with Crippen molar-refractivity contribution in [2.45, 2.75) is 44.6 Å². The molecule has 2 N–H and O–H groups in total. The molecule has 5 nitrogen and oxygen atoms in total. The van der Waals surface area contributed by atoms with Gasteiger partial charge in [-0.25, -0.2) is 4.98 Å². The smallest absolute Gasteiger partial charge is 0.163 e. The number of hydrogen-bond acceptors (Lipinski definition) is 4. The topological polar surface area (TPSA) is 69.1 Å². The molecule has 2 aromatic rings. The van der Waals surface area contributed by atoms with Crippen LogP contribution in [-0.4, -0.2) is 19.6 Å². The molecule has 3 rings (SSSR count). The molecule has 2 heterocycles. The van der Waals surface area contributed by atoms with Gasteiger partial charge >= 0.3 is 0 Å². The molecule has 0 spiro atoms. The van der Waals surface area contributed by atoms with Crippen LogP contribution in [0.5, 0.6) is 0 Å². The van der Waals surface area contributed by atoms with Gasteiger partial charge in [0.25, 0.3) is 0 Å². The zero-order chi connectivity index (χ0) is 11.9. The minimum absolute atomic E-state index is 0.325. The van der Waals surface area contributed by atoms with Crippen molar-refractivity contribution in [2.24, 2.45) is 5.73 Å². The first-order chi connectivity index (χ1) is 8.19. The second-order valence-corrected chi connectivity index (χ2v) is 5.00. The number of nitrogens with zero attached hydrogens (tertiary/aromatic N) is 4. The van der Waals surface area contributed by atoms with Crippen molar-refractivity contribution in [1.82, 2.24) is 19.6 Å². The summed E-state index contributed by atoms with van der Waals surface area (Å²) >= 11 is 0. The van der Waals surface area contributed by atoms with Crippen LogP contribution in [0.15, 0.2) is 12.4 Å². The summed E-state index contributed by atoms with van der Waals surface area (Å²) in [5.74, 6) is 0.861. The third-order valence-corrected chi connectivity index (χ3v) is 3.63. The lowest BCUT2D eigenvalue weighted by atomic mass is 9.82. The molecule has 0 aliphatic heterocycles. The van der Waals surface area contributed by atoms with Crippen molar-refractivity contribution in [3.8, 4) is 0 Å². The molecule has 5 heteroatoms. The average Bonchev–Trinajstić information content (AvgIpc) is 2.73. The molecule has 1 fully saturated rings. The number of aromatic nitrogens is 4. The van der Waals surface area contributed by atoms with E-state index in [2.05, 4.69) is 15.2 Å². The minimum Gasteiger partial charge on any atom is -0.319 e. The maximum Gasteiger partial charge on any atom is 0.163 e. The number of rotatable bonds is 1. The van der Waals surface area contributed by atoms with Gasteiger partial charge in [0.05, 0.1) is 5.54 Å². The molecule has 17 heavy (non-hydrogen) atoms. The Morgan fingerprint density at radius 1 is 1.24 bits per heavy atom. The predicted octanol–water partition coefficient (Wildman–Crippen LogP) is 1.55. The molecule has 0 aromatic carbocycles. The Labute approximate surface area is 100 Å². The predicted molar refractivity (Wildman–Crippen MR) is 64.5 cm³/mol. The number of hydrogen-bond donors (Lipinski definition) is 1. The van der Waals surface area contributed by atoms with Crippen molar-refractivity contribution < 1.29 is 0 Å². The third kappa shape index (κ3) is 1.70. The van der Waals surface area contributed by atoms with Gasteiger partial charge in [0.2, 0.25) is 0 Å². The number of fused-ring (bicyclic) bond motifs is 1. The zero-order valence-corrected chi connectivity index (χ0v) is 10.1. The van der Waals surface area contributed by atoms with E-state index in [0.29, 0.717) is 0 Å². The summed E-state index contributed by atoms with van der Waals surface area (Å²) in [6.07, 6.45) is 7.37. The highest BCUT2D eigenvalue weighted by molar-refractivity contribution is 5.39. The lowest BCUT2D eigenvalue weighted by molar-refractivity contribution is 0.284. The second kappa shape index (κ2) is 3.77. The first-order valence-corrected chi connectivity index (χ1v) is 6.16. The monoisotopic (exact) mass is 231 g/mol. The highest BCUT2D eigenvalue weighted by Crippen LogP contribution is 2.33. The van der Waals surface area contributed by atoms with Gasteiger partial charge in [-0.05, 0) is 19.8 Å². The summed E-state index contributed by atoms with van der Waals surface area (Å²) in [6.45, 7) is 1.95. The van der Waals surface area contributed by atoms with E-state index in [4.69, 9.17) is 5.73 Å². The summed E-state index contributed by atoms with van der Waals surface area (Å²) in [4.78, 5) is 4.29. The summed E-state index contributed by atoms with van der Waals surface area (Å²) in [5.41, 5.74) is 7.94. The fraction of sp³-hybridized carbons (Fsp3) is 0.583. The molecule has 0 saturated heterocycles. The summed E-state index contributed by atoms with van der Waals surface area (Å²) < 4.78 is 1.93. The van der Waals surface area contributed by atoms with Crippen molar-refractivity contribution in [3.05, 3.63) is 23.9 Å². The van der Waals surface area contributed by atoms with Gasteiger partial charge in [-0.15, -0.1) is 10.2 Å². The van der Waals surface area contributed by atoms with Crippen molar-refractivity contribution >= 4 is 5.65 Å². The Bertz CT molecular complexity index is 539. The maximum atomic E-state index is 6.48. The van der Waals surface area contributed by atoms with E-state index in [0.717, 1.165) is 30.0 Å². The Morgan fingerprint density at radius 3 is 2.76 bits per heavy atom. The second-order valence-electron chi connectivity index (χ2n) is 5.00. The van der Waals surface area contributed by atoms with Crippen molar-refractivity contribution in [3.63, 3.8) is 0 Å². The number of nitrogens with two attached hydrogens (primary N) is 1. The Kier molecular flexibility index (Phi) is 2.36. The van der Waals surface area contributed by atoms with E-state index in [1.165, 1.54) is 19.3 Å². The SMILES string of the molecule is Cc1cc2nnc(C3(N)CCCCC3)n2cn1. The van der Waals surface area contributed by atoms with Crippen molar-refractivity contribution in [1.29, 1.82) is 0 Å². The summed E-state index contributed by atoms with van der Waals surface area (Å²) in [6, 6.07) is 1.93. The van der Waals surface area contributed by atoms with Crippen molar-refractivity contribution in [2.75, 3.05) is 0 Å². The van der Waals surface area contributed by atoms with Crippen LogP contribution in [0.3, 0.4) is 0 Å². The molecule has 0 bridgehead atoms. The quantitative estimate of drug-likeness (QED) is 0.808. The van der Waals surface area contributed by atoms with Crippen LogP contribution in [0.1, 0.15) is 43.6 Å². The molecule has 1 aliphatic carbocycles. The molecule has 0 unspecified atom stereocenters. The van der Waals surface area contributed by atoms with Gasteiger partial charge in [-0.1, -0.05) is 19.3 Å². The van der Waals surface area contributed by atoms with E-state index >= 15 is 0 Å². The first-order valence-electron chi connectivity index (χ1n) is 6.16. The highest BCUT2D eigenvalue weighted by Gasteiger charge is 2.34. The number of aryl methyl sites for hydroxylation is 1. The molecule has 2 aromatic heterocycles. The minimum atomic E-state index is -0.325. The van der Waals surface area contributed by atoms with Crippen LogP contribution in [0, 0.1) is 6.92 Å². The standard InChI is InChI=1S/C12H17N5/c1-9-7-10-15-16-11(17(10)8-14-9)12(13)5-3-2-4-6-12/h7-8H,2-6,13H2,1H3. The van der Waals surface area contributed by atoms with Crippen LogP contribution in [0.4, 0.5) is 0 Å². The molecule has 0 atom stereocenters. The molecule has 0 amide bonds. The molecule has 1 saturated carbocycles. The van der Waals surface area contributed by atoms with Gasteiger partial charge in [-0.3, -0.25) is 4.40 Å². The summed E-state index contributed by atoms with van der Waals surface area (Å²) in [5, 5.41) is 8.47. The molecular weight excluding hydrogens is 214 g/mol. The van der Waals surface area contributed by atoms with Gasteiger partial charge in [0, 0.05) is 11.8 Å². The van der Waals surface area contributed by atoms with Gasteiger partial charge < -0.3 is 5.73 Å². The molecular formula is C12H17N5. The Balaban J connectivity index is 2.10. The normalized spacial score (nSPS) is 19.6. The van der Waals surface area contributed by atoms with Crippen LogP contribution in [-0.2, 0) is 5.54 Å². The third-order valence-electron chi connectivity index (χ3n) is 3.63. The fourth-order valence-corrected chi connectivity index (χ4v) is 2.63. The average molecular weight is 231 g/mol. The van der Waals surface area contributed by atoms with Crippen LogP contribution in [0.25, 0.3) is 5.65 Å². The highest BCUT2D eigenvalue weighted by atomic mass is 15.3. The maximum absolute atomic E-state index is 6.48. The lowest BCUT2D eigenvalue weighted by Crippen LogP contribution is -2.40. The van der Waals surface area contributed by atoms with E-state index in [1.54, 1.807) is 6.33 Å². The van der Waals surface area contributed by atoms with E-state index < -0.39 is 0 Å².